The van der Waals surface area contributed by atoms with E-state index in [2.05, 4.69) is 53.4 Å². The molecule has 0 bridgehead atoms. The number of aromatic nitrogens is 1. The van der Waals surface area contributed by atoms with Crippen LogP contribution < -0.4 is 4.90 Å². The number of hydrogen-bond donors (Lipinski definition) is 0. The first-order chi connectivity index (χ1) is 7.81. The Hall–Kier alpha value is -1.83. The van der Waals surface area contributed by atoms with Gasteiger partial charge < -0.3 is 4.90 Å². The van der Waals surface area contributed by atoms with E-state index in [9.17, 15) is 0 Å². The van der Waals surface area contributed by atoms with Crippen molar-refractivity contribution in [1.82, 2.24) is 4.98 Å². The predicted octanol–water partition coefficient (Wildman–Crippen LogP) is 3.06. The van der Waals surface area contributed by atoms with Crippen LogP contribution in [0.25, 0.3) is 0 Å². The molecule has 2 heteroatoms. The molecule has 1 atom stereocenters. The number of pyridine rings is 1. The highest BCUT2D eigenvalue weighted by atomic mass is 15.2. The molecule has 1 aromatic rings. The number of fused-ring (bicyclic) bond motifs is 1. The van der Waals surface area contributed by atoms with E-state index in [0.717, 1.165) is 12.2 Å². The van der Waals surface area contributed by atoms with Gasteiger partial charge in [-0.2, -0.15) is 0 Å². The molecule has 16 heavy (non-hydrogen) atoms. The molecule has 0 radical (unpaired) electrons. The molecule has 80 valence electrons. The maximum atomic E-state index is 4.42. The summed E-state index contributed by atoms with van der Waals surface area (Å²) >= 11 is 0. The molecule has 2 nitrogen and oxygen atoms in total. The zero-order valence-corrected chi connectivity index (χ0v) is 9.30. The molecular formula is C14H14N2. The van der Waals surface area contributed by atoms with E-state index < -0.39 is 0 Å². The Morgan fingerprint density at radius 3 is 3.12 bits per heavy atom. The first-order valence-electron chi connectivity index (χ1n) is 5.57. The fourth-order valence-electron chi connectivity index (χ4n) is 2.38. The van der Waals surface area contributed by atoms with Gasteiger partial charge in [0, 0.05) is 12.4 Å². The van der Waals surface area contributed by atoms with Gasteiger partial charge in [-0.05, 0) is 37.1 Å². The Labute approximate surface area is 95.6 Å². The minimum Gasteiger partial charge on any atom is -0.323 e. The lowest BCUT2D eigenvalue weighted by Crippen LogP contribution is -2.41. The van der Waals surface area contributed by atoms with Gasteiger partial charge in [0.2, 0.25) is 0 Å². The van der Waals surface area contributed by atoms with Gasteiger partial charge in [0.25, 0.3) is 0 Å². The first kappa shape index (κ1) is 9.40. The summed E-state index contributed by atoms with van der Waals surface area (Å²) in [5.74, 6) is 1.01. The van der Waals surface area contributed by atoms with Crippen molar-refractivity contribution in [3.63, 3.8) is 0 Å². The van der Waals surface area contributed by atoms with Crippen molar-refractivity contribution in [3.05, 3.63) is 60.5 Å². The smallest absolute Gasteiger partial charge is 0.133 e. The molecule has 1 aliphatic heterocycles. The lowest BCUT2D eigenvalue weighted by Gasteiger charge is -2.37. The summed E-state index contributed by atoms with van der Waals surface area (Å²) in [6.07, 6.45) is 13.7. The molecule has 2 aliphatic rings. The van der Waals surface area contributed by atoms with E-state index in [1.54, 1.807) is 0 Å². The highest BCUT2D eigenvalue weighted by molar-refractivity contribution is 5.59. The van der Waals surface area contributed by atoms with E-state index in [1.807, 2.05) is 18.3 Å². The maximum Gasteiger partial charge on any atom is 0.133 e. The van der Waals surface area contributed by atoms with Gasteiger partial charge in [-0.15, -0.1) is 0 Å². The third-order valence-corrected chi connectivity index (χ3v) is 3.38. The van der Waals surface area contributed by atoms with Crippen LogP contribution in [-0.4, -0.2) is 10.5 Å². The fraction of sp³-hybridized carbons (Fsp3) is 0.214. The minimum absolute atomic E-state index is 0.0447. The summed E-state index contributed by atoms with van der Waals surface area (Å²) in [5, 5.41) is 0. The lowest BCUT2D eigenvalue weighted by atomic mass is 9.86. The molecule has 2 heterocycles. The Balaban J connectivity index is 2.03. The normalized spacial score (nSPS) is 26.8. The summed E-state index contributed by atoms with van der Waals surface area (Å²) in [7, 11) is 0. The number of nitrogens with zero attached hydrogens (tertiary/aromatic N) is 2. The van der Waals surface area contributed by atoms with Gasteiger partial charge in [0.1, 0.15) is 5.82 Å². The van der Waals surface area contributed by atoms with E-state index >= 15 is 0 Å². The van der Waals surface area contributed by atoms with Crippen molar-refractivity contribution in [2.75, 3.05) is 4.90 Å². The molecule has 1 unspecified atom stereocenters. The molecule has 0 amide bonds. The van der Waals surface area contributed by atoms with Crippen LogP contribution in [-0.2, 0) is 0 Å². The van der Waals surface area contributed by atoms with Crippen LogP contribution in [0.5, 0.6) is 0 Å². The van der Waals surface area contributed by atoms with Crippen molar-refractivity contribution >= 4 is 5.82 Å². The third-order valence-electron chi connectivity index (χ3n) is 3.38. The summed E-state index contributed by atoms with van der Waals surface area (Å²) in [4.78, 5) is 6.67. The minimum atomic E-state index is 0.0447. The second-order valence-electron chi connectivity index (χ2n) is 4.40. The van der Waals surface area contributed by atoms with Crippen molar-refractivity contribution in [2.45, 2.75) is 18.9 Å². The predicted molar refractivity (Wildman–Crippen MR) is 66.1 cm³/mol. The molecular weight excluding hydrogens is 196 g/mol. The van der Waals surface area contributed by atoms with Crippen molar-refractivity contribution in [1.29, 1.82) is 0 Å². The summed E-state index contributed by atoms with van der Waals surface area (Å²) in [6, 6.07) is 6.03. The van der Waals surface area contributed by atoms with E-state index in [0.29, 0.717) is 0 Å². The maximum absolute atomic E-state index is 4.42. The van der Waals surface area contributed by atoms with Crippen LogP contribution in [0.4, 0.5) is 5.82 Å². The molecule has 0 fully saturated rings. The van der Waals surface area contributed by atoms with E-state index in [1.165, 1.54) is 5.57 Å². The zero-order chi connectivity index (χ0) is 11.0. The van der Waals surface area contributed by atoms with Crippen LogP contribution >= 0.6 is 0 Å². The van der Waals surface area contributed by atoms with Crippen LogP contribution in [0.1, 0.15) is 13.3 Å². The first-order valence-corrected chi connectivity index (χ1v) is 5.57. The highest BCUT2D eigenvalue weighted by Gasteiger charge is 2.38. The van der Waals surface area contributed by atoms with Crippen LogP contribution in [0, 0.1) is 0 Å². The second-order valence-corrected chi connectivity index (χ2v) is 4.40. The van der Waals surface area contributed by atoms with Gasteiger partial charge in [0.05, 0.1) is 5.54 Å². The monoisotopic (exact) mass is 210 g/mol. The van der Waals surface area contributed by atoms with Crippen LogP contribution in [0.15, 0.2) is 60.5 Å². The third kappa shape index (κ3) is 1.23. The molecule has 0 aromatic carbocycles. The lowest BCUT2D eigenvalue weighted by molar-refractivity contribution is 0.557. The Kier molecular flexibility index (Phi) is 1.96. The Bertz CT molecular complexity index is 485. The molecule has 1 aromatic heterocycles. The van der Waals surface area contributed by atoms with Gasteiger partial charge in [-0.25, -0.2) is 4.98 Å². The Morgan fingerprint density at radius 2 is 2.31 bits per heavy atom. The molecule has 0 N–H and O–H groups in total. The zero-order valence-electron chi connectivity index (χ0n) is 9.30. The fourth-order valence-corrected chi connectivity index (χ4v) is 2.38. The van der Waals surface area contributed by atoms with E-state index in [4.69, 9.17) is 0 Å². The quantitative estimate of drug-likeness (QED) is 0.708. The number of hydrogen-bond acceptors (Lipinski definition) is 2. The molecule has 0 saturated heterocycles. The number of rotatable bonds is 1. The molecule has 0 spiro atoms. The van der Waals surface area contributed by atoms with Crippen molar-refractivity contribution < 1.29 is 0 Å². The van der Waals surface area contributed by atoms with Crippen molar-refractivity contribution in [2.24, 2.45) is 0 Å². The topological polar surface area (TPSA) is 16.1 Å². The average molecular weight is 210 g/mol. The van der Waals surface area contributed by atoms with E-state index in [-0.39, 0.29) is 5.54 Å². The molecule has 0 saturated carbocycles. The highest BCUT2D eigenvalue weighted by Crippen LogP contribution is 2.39. The summed E-state index contributed by atoms with van der Waals surface area (Å²) in [5.41, 5.74) is 1.41. The average Bonchev–Trinajstić information content (AvgIpc) is 2.67. The second kappa shape index (κ2) is 3.34. The van der Waals surface area contributed by atoms with Crippen molar-refractivity contribution in [3.8, 4) is 0 Å². The molecule has 1 aliphatic carbocycles. The Morgan fingerprint density at radius 1 is 1.38 bits per heavy atom. The molecule has 3 rings (SSSR count). The van der Waals surface area contributed by atoms with Gasteiger partial charge in [-0.3, -0.25) is 0 Å². The van der Waals surface area contributed by atoms with Gasteiger partial charge >= 0.3 is 0 Å². The largest absolute Gasteiger partial charge is 0.323 e. The SMILES string of the molecule is CC12CC=CC=C1C=CN2c1ccccn1. The summed E-state index contributed by atoms with van der Waals surface area (Å²) in [6.45, 7) is 2.26. The van der Waals surface area contributed by atoms with Gasteiger partial charge in [0.15, 0.2) is 0 Å². The van der Waals surface area contributed by atoms with Crippen LogP contribution in [0.3, 0.4) is 0 Å². The number of anilines is 1. The number of allylic oxidation sites excluding steroid dienone is 2. The summed E-state index contributed by atoms with van der Waals surface area (Å²) < 4.78 is 0. The standard InChI is InChI=1S/C14H14N2/c1-14-9-4-2-6-12(14)8-11-16(14)13-7-3-5-10-15-13/h2-8,10-11H,9H2,1H3. The van der Waals surface area contributed by atoms with Gasteiger partial charge in [-0.1, -0.05) is 24.3 Å². The van der Waals surface area contributed by atoms with Crippen LogP contribution in [0.2, 0.25) is 0 Å².